The van der Waals surface area contributed by atoms with E-state index < -0.39 is 0 Å². The number of nitrogens with zero attached hydrogens (tertiary/aromatic N) is 1. The molecule has 3 rings (SSSR count). The zero-order valence-corrected chi connectivity index (χ0v) is 10.9. The third kappa shape index (κ3) is 1.50. The zero-order valence-electron chi connectivity index (χ0n) is 10.9. The van der Waals surface area contributed by atoms with Crippen LogP contribution < -0.4 is 0 Å². The fraction of sp³-hybridized carbons (Fsp3) is 0.533. The maximum atomic E-state index is 12.5. The maximum Gasteiger partial charge on any atom is 0.254 e. The number of aliphatic hydroxyl groups excluding tert-OH is 1. The van der Waals surface area contributed by atoms with Gasteiger partial charge in [-0.3, -0.25) is 4.79 Å². The van der Waals surface area contributed by atoms with Crippen molar-refractivity contribution >= 4 is 5.91 Å². The van der Waals surface area contributed by atoms with Crippen LogP contribution in [0.2, 0.25) is 0 Å². The molecule has 96 valence electrons. The van der Waals surface area contributed by atoms with Gasteiger partial charge in [0.15, 0.2) is 0 Å². The van der Waals surface area contributed by atoms with Gasteiger partial charge in [-0.2, -0.15) is 0 Å². The van der Waals surface area contributed by atoms with E-state index in [2.05, 4.69) is 0 Å². The van der Waals surface area contributed by atoms with Gasteiger partial charge in [-0.05, 0) is 24.5 Å². The molecule has 3 nitrogen and oxygen atoms in total. The fourth-order valence-electron chi connectivity index (χ4n) is 3.15. The Balaban J connectivity index is 1.88. The van der Waals surface area contributed by atoms with Crippen LogP contribution in [0.4, 0.5) is 0 Å². The van der Waals surface area contributed by atoms with Crippen molar-refractivity contribution in [3.8, 4) is 0 Å². The molecule has 0 bridgehead atoms. The molecular weight excluding hydrogens is 226 g/mol. The van der Waals surface area contributed by atoms with E-state index in [0.717, 1.165) is 24.1 Å². The molecule has 1 fully saturated rings. The molecule has 2 aliphatic rings. The minimum atomic E-state index is -0.285. The van der Waals surface area contributed by atoms with Gasteiger partial charge in [0.05, 0.1) is 6.10 Å². The Morgan fingerprint density at radius 3 is 2.72 bits per heavy atom. The topological polar surface area (TPSA) is 40.5 Å². The van der Waals surface area contributed by atoms with E-state index in [4.69, 9.17) is 0 Å². The highest BCUT2D eigenvalue weighted by molar-refractivity contribution is 5.97. The summed E-state index contributed by atoms with van der Waals surface area (Å²) in [6.45, 7) is 4.86. The molecule has 18 heavy (non-hydrogen) atoms. The van der Waals surface area contributed by atoms with E-state index in [1.807, 2.05) is 43.0 Å². The van der Waals surface area contributed by atoms with Crippen LogP contribution in [0.1, 0.15) is 36.2 Å². The molecule has 1 aromatic rings. The lowest BCUT2D eigenvalue weighted by Gasteiger charge is -2.54. The van der Waals surface area contributed by atoms with Gasteiger partial charge in [0.2, 0.25) is 0 Å². The lowest BCUT2D eigenvalue weighted by atomic mass is 9.63. The summed E-state index contributed by atoms with van der Waals surface area (Å²) in [5.74, 6) is 0.127. The molecule has 1 aliphatic carbocycles. The van der Waals surface area contributed by atoms with Crippen molar-refractivity contribution in [2.24, 2.45) is 5.41 Å². The minimum absolute atomic E-state index is 0.127. The molecule has 1 N–H and O–H groups in total. The lowest BCUT2D eigenvalue weighted by molar-refractivity contribution is -0.109. The Bertz CT molecular complexity index is 495. The second-order valence-electron chi connectivity index (χ2n) is 5.99. The Labute approximate surface area is 107 Å². The van der Waals surface area contributed by atoms with Crippen LogP contribution in [0.15, 0.2) is 24.3 Å². The van der Waals surface area contributed by atoms with Crippen molar-refractivity contribution in [1.29, 1.82) is 0 Å². The third-order valence-electron chi connectivity index (χ3n) is 4.67. The summed E-state index contributed by atoms with van der Waals surface area (Å²) in [4.78, 5) is 14.4. The second kappa shape index (κ2) is 3.82. The van der Waals surface area contributed by atoms with Crippen LogP contribution in [0.25, 0.3) is 0 Å². The molecule has 1 saturated carbocycles. The molecule has 0 aromatic heterocycles. The van der Waals surface area contributed by atoms with E-state index in [-0.39, 0.29) is 23.5 Å². The van der Waals surface area contributed by atoms with E-state index >= 15 is 0 Å². The molecule has 1 heterocycles. The van der Waals surface area contributed by atoms with Gasteiger partial charge >= 0.3 is 0 Å². The molecule has 3 heteroatoms. The Morgan fingerprint density at radius 1 is 1.33 bits per heavy atom. The fourth-order valence-corrected chi connectivity index (χ4v) is 3.15. The van der Waals surface area contributed by atoms with Crippen molar-refractivity contribution in [1.82, 2.24) is 4.90 Å². The molecule has 0 radical (unpaired) electrons. The van der Waals surface area contributed by atoms with Crippen LogP contribution in [-0.4, -0.2) is 34.6 Å². The van der Waals surface area contributed by atoms with Crippen LogP contribution in [-0.2, 0) is 6.42 Å². The van der Waals surface area contributed by atoms with Crippen molar-refractivity contribution in [3.63, 3.8) is 0 Å². The molecule has 2 atom stereocenters. The SMILES string of the molecule is CC1(C)C(O)CC1N1CCc2ccccc2C1=O. The number of aliphatic hydroxyl groups is 1. The van der Waals surface area contributed by atoms with E-state index in [0.29, 0.717) is 6.42 Å². The number of amides is 1. The Hall–Kier alpha value is -1.35. The first-order valence-electron chi connectivity index (χ1n) is 6.59. The van der Waals surface area contributed by atoms with E-state index in [1.165, 1.54) is 0 Å². The molecule has 1 aliphatic heterocycles. The summed E-state index contributed by atoms with van der Waals surface area (Å²) in [6.07, 6.45) is 1.35. The zero-order chi connectivity index (χ0) is 12.9. The van der Waals surface area contributed by atoms with Gasteiger partial charge in [0.1, 0.15) is 0 Å². The lowest BCUT2D eigenvalue weighted by Crippen LogP contribution is -2.63. The van der Waals surface area contributed by atoms with Gasteiger partial charge in [-0.15, -0.1) is 0 Å². The summed E-state index contributed by atoms with van der Waals surface area (Å²) in [6, 6.07) is 8.02. The van der Waals surface area contributed by atoms with Gasteiger partial charge in [0.25, 0.3) is 5.91 Å². The molecule has 2 unspecified atom stereocenters. The predicted octanol–water partition coefficient (Wildman–Crippen LogP) is 1.84. The predicted molar refractivity (Wildman–Crippen MR) is 69.4 cm³/mol. The average molecular weight is 245 g/mol. The molecule has 0 spiro atoms. The van der Waals surface area contributed by atoms with Crippen molar-refractivity contribution in [2.45, 2.75) is 38.8 Å². The normalized spacial score (nSPS) is 29.7. The monoisotopic (exact) mass is 245 g/mol. The third-order valence-corrected chi connectivity index (χ3v) is 4.67. The maximum absolute atomic E-state index is 12.5. The number of hydrogen-bond donors (Lipinski definition) is 1. The number of carbonyl (C=O) groups excluding carboxylic acids is 1. The molecule has 1 aromatic carbocycles. The molecular formula is C15H19NO2. The average Bonchev–Trinajstić information content (AvgIpc) is 2.37. The van der Waals surface area contributed by atoms with Crippen molar-refractivity contribution in [2.75, 3.05) is 6.54 Å². The number of hydrogen-bond acceptors (Lipinski definition) is 2. The van der Waals surface area contributed by atoms with Gasteiger partial charge in [0, 0.05) is 23.6 Å². The van der Waals surface area contributed by atoms with Gasteiger partial charge in [-0.25, -0.2) is 0 Å². The second-order valence-corrected chi connectivity index (χ2v) is 5.99. The molecule has 0 saturated heterocycles. The summed E-state index contributed by atoms with van der Waals surface area (Å²) < 4.78 is 0. The van der Waals surface area contributed by atoms with Crippen molar-refractivity contribution in [3.05, 3.63) is 35.4 Å². The standard InChI is InChI=1S/C15H19NO2/c1-15(2)12(9-13(15)17)16-8-7-10-5-3-4-6-11(10)14(16)18/h3-6,12-13,17H,7-9H2,1-2H3. The van der Waals surface area contributed by atoms with Crippen LogP contribution >= 0.6 is 0 Å². The number of fused-ring (bicyclic) bond motifs is 1. The number of rotatable bonds is 1. The minimum Gasteiger partial charge on any atom is -0.392 e. The molecule has 1 amide bonds. The number of benzene rings is 1. The summed E-state index contributed by atoms with van der Waals surface area (Å²) >= 11 is 0. The van der Waals surface area contributed by atoms with Gasteiger partial charge < -0.3 is 10.0 Å². The Kier molecular flexibility index (Phi) is 2.49. The highest BCUT2D eigenvalue weighted by Crippen LogP contribution is 2.44. The highest BCUT2D eigenvalue weighted by Gasteiger charge is 2.51. The summed E-state index contributed by atoms with van der Waals surface area (Å²) in [7, 11) is 0. The van der Waals surface area contributed by atoms with Crippen LogP contribution in [0, 0.1) is 5.41 Å². The smallest absolute Gasteiger partial charge is 0.254 e. The van der Waals surface area contributed by atoms with E-state index in [9.17, 15) is 9.90 Å². The van der Waals surface area contributed by atoms with E-state index in [1.54, 1.807) is 0 Å². The summed E-state index contributed by atoms with van der Waals surface area (Å²) in [5.41, 5.74) is 1.81. The first-order valence-corrected chi connectivity index (χ1v) is 6.59. The first-order chi connectivity index (χ1) is 8.51. The quantitative estimate of drug-likeness (QED) is 0.820. The van der Waals surface area contributed by atoms with Crippen LogP contribution in [0.3, 0.4) is 0 Å². The van der Waals surface area contributed by atoms with Crippen LogP contribution in [0.5, 0.6) is 0 Å². The first kappa shape index (κ1) is 11.7. The summed E-state index contributed by atoms with van der Waals surface area (Å²) in [5, 5.41) is 9.82. The highest BCUT2D eigenvalue weighted by atomic mass is 16.3. The van der Waals surface area contributed by atoms with Gasteiger partial charge in [-0.1, -0.05) is 32.0 Å². The largest absolute Gasteiger partial charge is 0.392 e. The Morgan fingerprint density at radius 2 is 2.06 bits per heavy atom. The number of carbonyl (C=O) groups is 1. The van der Waals surface area contributed by atoms with Crippen molar-refractivity contribution < 1.29 is 9.90 Å².